The molecule has 0 atom stereocenters. The molecule has 158 valence electrons. The minimum Gasteiger partial charge on any atom is -0.480 e. The number of aliphatic carboxylic acids is 1. The van der Waals surface area contributed by atoms with Gasteiger partial charge in [-0.05, 0) is 33.9 Å². The Hall–Kier alpha value is -1.51. The summed E-state index contributed by atoms with van der Waals surface area (Å²) in [6.45, 7) is 10.4. The second-order valence-corrected chi connectivity index (χ2v) is 7.82. The van der Waals surface area contributed by atoms with Crippen molar-refractivity contribution < 1.29 is 24.2 Å². The Bertz CT molecular complexity index is 468. The standard InChI is InChI=1S/C19H37N3O5/c1-15(2)11-17(23)12-22(13-18(24)25)10-9-20(5)7-8-21(6)14-19(26)27-16(3)4/h15-16H,7-14H2,1-6H3,(H,24,25). The average Bonchev–Trinajstić information content (AvgIpc) is 2.48. The monoisotopic (exact) mass is 387 g/mol. The average molecular weight is 388 g/mol. The number of hydrogen-bond acceptors (Lipinski definition) is 7. The van der Waals surface area contributed by atoms with Gasteiger partial charge in [0.2, 0.25) is 0 Å². The molecule has 0 saturated carbocycles. The molecule has 8 nitrogen and oxygen atoms in total. The van der Waals surface area contributed by atoms with Gasteiger partial charge in [0.25, 0.3) is 0 Å². The quantitative estimate of drug-likeness (QED) is 0.413. The first-order valence-corrected chi connectivity index (χ1v) is 9.52. The van der Waals surface area contributed by atoms with E-state index in [9.17, 15) is 14.4 Å². The molecule has 0 unspecified atom stereocenters. The third-order valence-electron chi connectivity index (χ3n) is 3.82. The number of Topliss-reactive ketones (excluding diaryl/α,β-unsaturated/α-hetero) is 1. The van der Waals surface area contributed by atoms with Crippen molar-refractivity contribution in [2.75, 3.05) is 59.9 Å². The van der Waals surface area contributed by atoms with Crippen molar-refractivity contribution in [1.82, 2.24) is 14.7 Å². The number of esters is 1. The van der Waals surface area contributed by atoms with E-state index in [1.807, 2.05) is 46.7 Å². The first kappa shape index (κ1) is 25.5. The summed E-state index contributed by atoms with van der Waals surface area (Å²) in [6, 6.07) is 0. The Morgan fingerprint density at radius 1 is 0.852 bits per heavy atom. The van der Waals surface area contributed by atoms with Gasteiger partial charge in [0.15, 0.2) is 0 Å². The van der Waals surface area contributed by atoms with Crippen LogP contribution in [0.5, 0.6) is 0 Å². The van der Waals surface area contributed by atoms with Gasteiger partial charge >= 0.3 is 11.9 Å². The van der Waals surface area contributed by atoms with Crippen molar-refractivity contribution in [3.8, 4) is 0 Å². The van der Waals surface area contributed by atoms with Gasteiger partial charge in [0.1, 0.15) is 5.78 Å². The maximum absolute atomic E-state index is 12.0. The molecule has 0 rings (SSSR count). The summed E-state index contributed by atoms with van der Waals surface area (Å²) in [5.74, 6) is -0.841. The van der Waals surface area contributed by atoms with Gasteiger partial charge in [0, 0.05) is 32.6 Å². The Kier molecular flexibility index (Phi) is 12.9. The van der Waals surface area contributed by atoms with E-state index in [4.69, 9.17) is 9.84 Å². The molecule has 0 aliphatic heterocycles. The van der Waals surface area contributed by atoms with Gasteiger partial charge in [-0.1, -0.05) is 13.8 Å². The van der Waals surface area contributed by atoms with Crippen LogP contribution in [0.2, 0.25) is 0 Å². The van der Waals surface area contributed by atoms with Gasteiger partial charge < -0.3 is 14.7 Å². The zero-order valence-corrected chi connectivity index (χ0v) is 17.7. The van der Waals surface area contributed by atoms with Crippen molar-refractivity contribution in [3.05, 3.63) is 0 Å². The van der Waals surface area contributed by atoms with Crippen LogP contribution in [0.4, 0.5) is 0 Å². The summed E-state index contributed by atoms with van der Waals surface area (Å²) < 4.78 is 5.12. The van der Waals surface area contributed by atoms with Crippen molar-refractivity contribution >= 4 is 17.7 Å². The SMILES string of the molecule is CC(C)CC(=O)CN(CCN(C)CCN(C)CC(=O)OC(C)C)CC(=O)O. The van der Waals surface area contributed by atoms with E-state index in [0.29, 0.717) is 26.1 Å². The molecule has 0 aromatic heterocycles. The molecule has 0 aliphatic carbocycles. The Labute approximate surface area is 163 Å². The molecule has 0 aromatic rings. The molecule has 0 heterocycles. The zero-order valence-electron chi connectivity index (χ0n) is 17.7. The molecular weight excluding hydrogens is 350 g/mol. The number of rotatable bonds is 15. The second-order valence-electron chi connectivity index (χ2n) is 7.82. The highest BCUT2D eigenvalue weighted by atomic mass is 16.5. The van der Waals surface area contributed by atoms with Crippen LogP contribution in [-0.4, -0.2) is 104 Å². The highest BCUT2D eigenvalue weighted by Crippen LogP contribution is 2.02. The van der Waals surface area contributed by atoms with E-state index >= 15 is 0 Å². The number of ether oxygens (including phenoxy) is 1. The summed E-state index contributed by atoms with van der Waals surface area (Å²) in [5.41, 5.74) is 0. The second kappa shape index (κ2) is 13.6. The van der Waals surface area contributed by atoms with E-state index in [1.54, 1.807) is 4.90 Å². The van der Waals surface area contributed by atoms with Crippen LogP contribution in [0.25, 0.3) is 0 Å². The largest absolute Gasteiger partial charge is 0.480 e. The summed E-state index contributed by atoms with van der Waals surface area (Å²) in [5, 5.41) is 9.05. The summed E-state index contributed by atoms with van der Waals surface area (Å²) in [6.07, 6.45) is 0.343. The molecule has 0 amide bonds. The highest BCUT2D eigenvalue weighted by molar-refractivity contribution is 5.81. The van der Waals surface area contributed by atoms with Crippen LogP contribution in [-0.2, 0) is 19.1 Å². The van der Waals surface area contributed by atoms with Crippen molar-refractivity contribution in [3.63, 3.8) is 0 Å². The lowest BCUT2D eigenvalue weighted by atomic mass is 10.1. The molecular formula is C19H37N3O5. The van der Waals surface area contributed by atoms with Crippen LogP contribution in [0.3, 0.4) is 0 Å². The molecule has 1 N–H and O–H groups in total. The Morgan fingerprint density at radius 3 is 1.93 bits per heavy atom. The van der Waals surface area contributed by atoms with Crippen molar-refractivity contribution in [2.24, 2.45) is 5.92 Å². The number of ketones is 1. The molecule has 0 bridgehead atoms. The van der Waals surface area contributed by atoms with Gasteiger partial charge in [-0.3, -0.25) is 24.2 Å². The van der Waals surface area contributed by atoms with E-state index < -0.39 is 5.97 Å². The number of carbonyl (C=O) groups is 3. The first-order chi connectivity index (χ1) is 12.5. The topological polar surface area (TPSA) is 90.4 Å². The van der Waals surface area contributed by atoms with E-state index in [-0.39, 0.29) is 43.4 Å². The molecule has 0 aromatic carbocycles. The maximum Gasteiger partial charge on any atom is 0.320 e. The number of hydrogen-bond donors (Lipinski definition) is 1. The van der Waals surface area contributed by atoms with Crippen molar-refractivity contribution in [1.29, 1.82) is 0 Å². The third-order valence-corrected chi connectivity index (χ3v) is 3.82. The van der Waals surface area contributed by atoms with Crippen LogP contribution < -0.4 is 0 Å². The third kappa shape index (κ3) is 15.3. The predicted octanol–water partition coefficient (Wildman–Crippen LogP) is 0.803. The highest BCUT2D eigenvalue weighted by Gasteiger charge is 2.16. The minimum atomic E-state index is -0.932. The van der Waals surface area contributed by atoms with Gasteiger partial charge in [0.05, 0.1) is 25.7 Å². The van der Waals surface area contributed by atoms with E-state index in [1.165, 1.54) is 0 Å². The summed E-state index contributed by atoms with van der Waals surface area (Å²) in [4.78, 5) is 40.3. The number of likely N-dealkylation sites (N-methyl/N-ethyl adjacent to an activating group) is 2. The van der Waals surface area contributed by atoms with Crippen molar-refractivity contribution in [2.45, 2.75) is 40.2 Å². The van der Waals surface area contributed by atoms with E-state index in [0.717, 1.165) is 6.54 Å². The molecule has 0 spiro atoms. The Balaban J connectivity index is 4.27. The van der Waals surface area contributed by atoms with Crippen LogP contribution in [0.1, 0.15) is 34.1 Å². The minimum absolute atomic E-state index is 0.0669. The normalized spacial score (nSPS) is 11.8. The number of carboxylic acids is 1. The fourth-order valence-corrected chi connectivity index (χ4v) is 2.54. The summed E-state index contributed by atoms with van der Waals surface area (Å²) >= 11 is 0. The Morgan fingerprint density at radius 2 is 1.41 bits per heavy atom. The van der Waals surface area contributed by atoms with Crippen LogP contribution in [0.15, 0.2) is 0 Å². The maximum atomic E-state index is 12.0. The smallest absolute Gasteiger partial charge is 0.320 e. The van der Waals surface area contributed by atoms with Crippen LogP contribution >= 0.6 is 0 Å². The van der Waals surface area contributed by atoms with Gasteiger partial charge in [-0.25, -0.2) is 0 Å². The molecule has 0 radical (unpaired) electrons. The number of carbonyl (C=O) groups excluding carboxylic acids is 2. The van der Waals surface area contributed by atoms with Gasteiger partial charge in [-0.15, -0.1) is 0 Å². The van der Waals surface area contributed by atoms with Crippen LogP contribution in [0, 0.1) is 5.92 Å². The lowest BCUT2D eigenvalue weighted by Crippen LogP contribution is -2.41. The number of nitrogens with zero attached hydrogens (tertiary/aromatic N) is 3. The fraction of sp³-hybridized carbons (Fsp3) is 0.842. The van der Waals surface area contributed by atoms with Gasteiger partial charge in [-0.2, -0.15) is 0 Å². The molecule has 0 fully saturated rings. The first-order valence-electron chi connectivity index (χ1n) is 9.52. The molecule has 0 saturated heterocycles. The lowest BCUT2D eigenvalue weighted by molar-refractivity contribution is -0.148. The lowest BCUT2D eigenvalue weighted by Gasteiger charge is -2.25. The molecule has 8 heteroatoms. The fourth-order valence-electron chi connectivity index (χ4n) is 2.54. The zero-order chi connectivity index (χ0) is 21.0. The molecule has 0 aliphatic rings. The van der Waals surface area contributed by atoms with E-state index in [2.05, 4.69) is 4.90 Å². The predicted molar refractivity (Wildman–Crippen MR) is 105 cm³/mol. The number of carboxylic acid groups (broad SMARTS) is 1. The molecule has 27 heavy (non-hydrogen) atoms. The summed E-state index contributed by atoms with van der Waals surface area (Å²) in [7, 11) is 3.80.